The van der Waals surface area contributed by atoms with Crippen LogP contribution >= 0.6 is 0 Å². The number of nitrogens with one attached hydrogen (secondary N) is 1. The van der Waals surface area contributed by atoms with Gasteiger partial charge in [-0.25, -0.2) is 9.78 Å². The van der Waals surface area contributed by atoms with Crippen molar-refractivity contribution in [1.29, 1.82) is 0 Å². The van der Waals surface area contributed by atoms with Crippen molar-refractivity contribution in [2.45, 2.75) is 13.0 Å². The Labute approximate surface area is 111 Å². The van der Waals surface area contributed by atoms with E-state index in [1.807, 2.05) is 25.1 Å². The van der Waals surface area contributed by atoms with Gasteiger partial charge in [-0.1, -0.05) is 18.2 Å². The Balaban J connectivity index is 2.41. The lowest BCUT2D eigenvalue weighted by molar-refractivity contribution is 0.0691. The fourth-order valence-corrected chi connectivity index (χ4v) is 1.77. The van der Waals surface area contributed by atoms with Crippen LogP contribution in [0.15, 0.2) is 30.3 Å². The van der Waals surface area contributed by atoms with Crippen molar-refractivity contribution in [1.82, 2.24) is 4.98 Å². The molecule has 100 valence electrons. The van der Waals surface area contributed by atoms with Gasteiger partial charge in [-0.05, 0) is 19.1 Å². The van der Waals surface area contributed by atoms with Gasteiger partial charge in [0.25, 0.3) is 0 Å². The number of pyridine rings is 1. The molecule has 0 saturated carbocycles. The highest BCUT2D eigenvalue weighted by Gasteiger charge is 2.11. The molecular formula is C14H16N2O3. The lowest BCUT2D eigenvalue weighted by Gasteiger charge is -2.14. The molecule has 0 amide bonds. The van der Waals surface area contributed by atoms with E-state index in [2.05, 4.69) is 10.3 Å². The van der Waals surface area contributed by atoms with Crippen molar-refractivity contribution in [3.8, 4) is 0 Å². The van der Waals surface area contributed by atoms with Crippen molar-refractivity contribution < 1.29 is 14.6 Å². The predicted octanol–water partition coefficient (Wildman–Crippen LogP) is 2.38. The zero-order valence-electron chi connectivity index (χ0n) is 10.9. The summed E-state index contributed by atoms with van der Waals surface area (Å²) in [5, 5.41) is 13.2. The molecule has 0 spiro atoms. The molecule has 2 aromatic rings. The number of carbonyl (C=O) groups is 1. The number of rotatable bonds is 5. The van der Waals surface area contributed by atoms with Crippen molar-refractivity contribution in [3.05, 3.63) is 36.0 Å². The standard InChI is InChI=1S/C14H16N2O3/c1-9(19-2)8-15-12-7-13(14(17)18)16-11-6-4-3-5-10(11)12/h3-7,9H,8H2,1-2H3,(H,15,16)(H,17,18). The summed E-state index contributed by atoms with van der Waals surface area (Å²) in [6.45, 7) is 2.54. The van der Waals surface area contributed by atoms with Crippen LogP contribution in [-0.2, 0) is 4.74 Å². The summed E-state index contributed by atoms with van der Waals surface area (Å²) >= 11 is 0. The van der Waals surface area contributed by atoms with Crippen LogP contribution in [-0.4, -0.2) is 35.8 Å². The predicted molar refractivity (Wildman–Crippen MR) is 73.7 cm³/mol. The van der Waals surface area contributed by atoms with Gasteiger partial charge in [0.05, 0.1) is 11.6 Å². The van der Waals surface area contributed by atoms with E-state index >= 15 is 0 Å². The largest absolute Gasteiger partial charge is 0.477 e. The van der Waals surface area contributed by atoms with Crippen LogP contribution in [0.2, 0.25) is 0 Å². The van der Waals surface area contributed by atoms with Gasteiger partial charge in [-0.3, -0.25) is 0 Å². The summed E-state index contributed by atoms with van der Waals surface area (Å²) in [7, 11) is 1.64. The molecule has 0 aliphatic carbocycles. The molecule has 19 heavy (non-hydrogen) atoms. The minimum absolute atomic E-state index is 0.0336. The maximum absolute atomic E-state index is 11.1. The van der Waals surface area contributed by atoms with Gasteiger partial charge in [0, 0.05) is 24.7 Å². The van der Waals surface area contributed by atoms with Crippen molar-refractivity contribution in [3.63, 3.8) is 0 Å². The second kappa shape index (κ2) is 5.67. The average molecular weight is 260 g/mol. The number of ether oxygens (including phenoxy) is 1. The van der Waals surface area contributed by atoms with E-state index in [1.54, 1.807) is 19.2 Å². The summed E-state index contributed by atoms with van der Waals surface area (Å²) in [4.78, 5) is 15.2. The second-order valence-corrected chi connectivity index (χ2v) is 4.30. The normalized spacial score (nSPS) is 12.3. The van der Waals surface area contributed by atoms with Gasteiger partial charge in [-0.2, -0.15) is 0 Å². The molecule has 0 fully saturated rings. The van der Waals surface area contributed by atoms with E-state index in [0.29, 0.717) is 12.1 Å². The van der Waals surface area contributed by atoms with E-state index in [9.17, 15) is 4.79 Å². The molecule has 0 saturated heterocycles. The molecule has 2 N–H and O–H groups in total. The topological polar surface area (TPSA) is 71.5 Å². The number of para-hydroxylation sites is 1. The molecule has 1 atom stereocenters. The molecule has 1 aromatic carbocycles. The number of anilines is 1. The number of aromatic carboxylic acids is 1. The van der Waals surface area contributed by atoms with Crippen molar-refractivity contribution in [2.24, 2.45) is 0 Å². The van der Waals surface area contributed by atoms with Crippen molar-refractivity contribution >= 4 is 22.6 Å². The Hall–Kier alpha value is -2.14. The summed E-state index contributed by atoms with van der Waals surface area (Å²) in [5.41, 5.74) is 1.45. The number of carboxylic acid groups (broad SMARTS) is 1. The molecule has 1 unspecified atom stereocenters. The highest BCUT2D eigenvalue weighted by atomic mass is 16.5. The highest BCUT2D eigenvalue weighted by Crippen LogP contribution is 2.23. The number of hydrogen-bond donors (Lipinski definition) is 2. The highest BCUT2D eigenvalue weighted by molar-refractivity contribution is 5.97. The quantitative estimate of drug-likeness (QED) is 0.863. The lowest BCUT2D eigenvalue weighted by atomic mass is 10.1. The van der Waals surface area contributed by atoms with Gasteiger partial charge in [0.15, 0.2) is 5.69 Å². The number of benzene rings is 1. The molecule has 5 heteroatoms. The molecule has 0 radical (unpaired) electrons. The van der Waals surface area contributed by atoms with Gasteiger partial charge in [-0.15, -0.1) is 0 Å². The zero-order valence-corrected chi connectivity index (χ0v) is 10.9. The third kappa shape index (κ3) is 3.00. The molecular weight excluding hydrogens is 244 g/mol. The Bertz CT molecular complexity index is 598. The molecule has 5 nitrogen and oxygen atoms in total. The zero-order chi connectivity index (χ0) is 13.8. The van der Waals surface area contributed by atoms with Crippen LogP contribution in [0.1, 0.15) is 17.4 Å². The smallest absolute Gasteiger partial charge is 0.354 e. The van der Waals surface area contributed by atoms with Crippen molar-refractivity contribution in [2.75, 3.05) is 19.0 Å². The summed E-state index contributed by atoms with van der Waals surface area (Å²) < 4.78 is 5.17. The third-order valence-corrected chi connectivity index (χ3v) is 2.92. The Kier molecular flexibility index (Phi) is 3.97. The van der Waals surface area contributed by atoms with Crippen LogP contribution in [0.4, 0.5) is 5.69 Å². The van der Waals surface area contributed by atoms with E-state index in [4.69, 9.17) is 9.84 Å². The van der Waals surface area contributed by atoms with Gasteiger partial charge >= 0.3 is 5.97 Å². The molecule has 1 heterocycles. The molecule has 0 bridgehead atoms. The van der Waals surface area contributed by atoms with E-state index in [-0.39, 0.29) is 11.8 Å². The number of hydrogen-bond acceptors (Lipinski definition) is 4. The third-order valence-electron chi connectivity index (χ3n) is 2.92. The van der Waals surface area contributed by atoms with Gasteiger partial charge in [0.1, 0.15) is 0 Å². The maximum Gasteiger partial charge on any atom is 0.354 e. The number of nitrogens with zero attached hydrogens (tertiary/aromatic N) is 1. The summed E-state index contributed by atoms with van der Waals surface area (Å²) in [5.74, 6) is -1.03. The van der Waals surface area contributed by atoms with Gasteiger partial charge in [0.2, 0.25) is 0 Å². The van der Waals surface area contributed by atoms with Crippen LogP contribution in [0.3, 0.4) is 0 Å². The Morgan fingerprint density at radius 3 is 2.89 bits per heavy atom. The molecule has 1 aromatic heterocycles. The first kappa shape index (κ1) is 13.3. The second-order valence-electron chi connectivity index (χ2n) is 4.30. The monoisotopic (exact) mass is 260 g/mol. The number of methoxy groups -OCH3 is 1. The molecule has 0 aliphatic rings. The van der Waals surface area contributed by atoms with Crippen LogP contribution < -0.4 is 5.32 Å². The molecule has 0 aliphatic heterocycles. The fourth-order valence-electron chi connectivity index (χ4n) is 1.77. The number of carboxylic acids is 1. The first-order chi connectivity index (χ1) is 9.11. The number of fused-ring (bicyclic) bond motifs is 1. The fraction of sp³-hybridized carbons (Fsp3) is 0.286. The van der Waals surface area contributed by atoms with Gasteiger partial charge < -0.3 is 15.2 Å². The van der Waals surface area contributed by atoms with E-state index < -0.39 is 5.97 Å². The maximum atomic E-state index is 11.1. The number of aromatic nitrogens is 1. The first-order valence-corrected chi connectivity index (χ1v) is 6.01. The van der Waals surface area contributed by atoms with E-state index in [0.717, 1.165) is 11.1 Å². The Morgan fingerprint density at radius 1 is 1.47 bits per heavy atom. The summed E-state index contributed by atoms with van der Waals surface area (Å²) in [6.07, 6.45) is 0.0419. The first-order valence-electron chi connectivity index (χ1n) is 6.01. The SMILES string of the molecule is COC(C)CNc1cc(C(=O)O)nc2ccccc12. The average Bonchev–Trinajstić information content (AvgIpc) is 2.43. The molecule has 2 rings (SSSR count). The van der Waals surface area contributed by atoms with E-state index in [1.165, 1.54) is 0 Å². The minimum atomic E-state index is -1.03. The van der Waals surface area contributed by atoms with Crippen LogP contribution in [0.25, 0.3) is 10.9 Å². The van der Waals surface area contributed by atoms with Crippen LogP contribution in [0, 0.1) is 0 Å². The Morgan fingerprint density at radius 2 is 2.21 bits per heavy atom. The minimum Gasteiger partial charge on any atom is -0.477 e. The summed E-state index contributed by atoms with van der Waals surface area (Å²) in [6, 6.07) is 8.99. The lowest BCUT2D eigenvalue weighted by Crippen LogP contribution is -2.18. The van der Waals surface area contributed by atoms with Crippen LogP contribution in [0.5, 0.6) is 0 Å².